The summed E-state index contributed by atoms with van der Waals surface area (Å²) in [5.41, 5.74) is -0.759. The van der Waals surface area contributed by atoms with Gasteiger partial charge in [0.2, 0.25) is 0 Å². The van der Waals surface area contributed by atoms with Crippen molar-refractivity contribution in [2.45, 2.75) is 32.0 Å². The Kier molecular flexibility index (Phi) is 6.47. The summed E-state index contributed by atoms with van der Waals surface area (Å²) >= 11 is 0. The van der Waals surface area contributed by atoms with Gasteiger partial charge in [0, 0.05) is 45.5 Å². The summed E-state index contributed by atoms with van der Waals surface area (Å²) in [7, 11) is 3.08. The minimum Gasteiger partial charge on any atom is -0.355 e. The van der Waals surface area contributed by atoms with Crippen LogP contribution < -0.4 is 10.6 Å². The van der Waals surface area contributed by atoms with Crippen molar-refractivity contribution in [1.82, 2.24) is 25.3 Å². The molecule has 6 nitrogen and oxygen atoms in total. The molecule has 2 rings (SSSR count). The molecule has 1 aliphatic heterocycles. The van der Waals surface area contributed by atoms with Crippen molar-refractivity contribution in [1.29, 1.82) is 0 Å². The second-order valence-electron chi connectivity index (χ2n) is 5.93. The standard InChI is InChI=1S/C15H25F3N6/c1-19-14(20-6-9-24-7-4-3-5-8-24)21-10-12-11-23(2)22-13(12)15(16,17)18/h11H,3-10H2,1-2H3,(H2,19,20,21). The molecule has 2 N–H and O–H groups in total. The van der Waals surface area contributed by atoms with Crippen LogP contribution in [-0.2, 0) is 19.8 Å². The van der Waals surface area contributed by atoms with Crippen LogP contribution in [0.4, 0.5) is 13.2 Å². The fourth-order valence-electron chi connectivity index (χ4n) is 2.82. The average Bonchev–Trinajstić information content (AvgIpc) is 2.93. The van der Waals surface area contributed by atoms with E-state index in [9.17, 15) is 13.2 Å². The van der Waals surface area contributed by atoms with E-state index in [1.165, 1.54) is 37.2 Å². The molecule has 9 heteroatoms. The Hall–Kier alpha value is -1.77. The van der Waals surface area contributed by atoms with E-state index < -0.39 is 11.9 Å². The highest BCUT2D eigenvalue weighted by Gasteiger charge is 2.36. The van der Waals surface area contributed by atoms with E-state index in [0.717, 1.165) is 19.6 Å². The smallest absolute Gasteiger partial charge is 0.355 e. The maximum Gasteiger partial charge on any atom is 0.435 e. The molecule has 0 atom stereocenters. The molecule has 0 radical (unpaired) electrons. The summed E-state index contributed by atoms with van der Waals surface area (Å²) < 4.78 is 39.9. The van der Waals surface area contributed by atoms with Crippen molar-refractivity contribution in [3.05, 3.63) is 17.5 Å². The van der Waals surface area contributed by atoms with Crippen LogP contribution in [0.5, 0.6) is 0 Å². The maximum absolute atomic E-state index is 12.9. The fraction of sp³-hybridized carbons (Fsp3) is 0.733. The first-order valence-corrected chi connectivity index (χ1v) is 8.16. The highest BCUT2D eigenvalue weighted by atomic mass is 19.4. The SMILES string of the molecule is CN=C(NCCN1CCCCC1)NCc1cn(C)nc1C(F)(F)F. The zero-order valence-corrected chi connectivity index (χ0v) is 14.2. The fourth-order valence-corrected chi connectivity index (χ4v) is 2.82. The Labute approximate surface area is 140 Å². The zero-order chi connectivity index (χ0) is 17.6. The van der Waals surface area contributed by atoms with Crippen molar-refractivity contribution in [3.63, 3.8) is 0 Å². The molecule has 0 bridgehead atoms. The van der Waals surface area contributed by atoms with E-state index in [4.69, 9.17) is 0 Å². The molecule has 1 aliphatic rings. The molecule has 136 valence electrons. The number of alkyl halides is 3. The van der Waals surface area contributed by atoms with Crippen LogP contribution in [0.15, 0.2) is 11.2 Å². The number of rotatable bonds is 5. The van der Waals surface area contributed by atoms with Crippen LogP contribution >= 0.6 is 0 Å². The summed E-state index contributed by atoms with van der Waals surface area (Å²) in [6, 6.07) is 0. The summed E-state index contributed by atoms with van der Waals surface area (Å²) in [4.78, 5) is 6.43. The molecule has 1 aromatic heterocycles. The van der Waals surface area contributed by atoms with Crippen LogP contribution in [-0.4, -0.2) is 53.9 Å². The van der Waals surface area contributed by atoms with Crippen molar-refractivity contribution in [2.75, 3.05) is 33.2 Å². The lowest BCUT2D eigenvalue weighted by atomic mass is 10.1. The van der Waals surface area contributed by atoms with E-state index in [1.807, 2.05) is 0 Å². The van der Waals surface area contributed by atoms with E-state index in [0.29, 0.717) is 12.5 Å². The van der Waals surface area contributed by atoms with Gasteiger partial charge >= 0.3 is 6.18 Å². The van der Waals surface area contributed by atoms with Gasteiger partial charge in [0.25, 0.3) is 0 Å². The van der Waals surface area contributed by atoms with Gasteiger partial charge in [-0.3, -0.25) is 9.67 Å². The molecule has 0 amide bonds. The largest absolute Gasteiger partial charge is 0.435 e. The molecular formula is C15H25F3N6. The predicted octanol–water partition coefficient (Wildman–Crippen LogP) is 1.59. The number of aryl methyl sites for hydroxylation is 1. The quantitative estimate of drug-likeness (QED) is 0.628. The third-order valence-electron chi connectivity index (χ3n) is 4.01. The highest BCUT2D eigenvalue weighted by Crippen LogP contribution is 2.30. The lowest BCUT2D eigenvalue weighted by molar-refractivity contribution is -0.142. The molecule has 0 unspecified atom stereocenters. The normalized spacial score (nSPS) is 17.1. The number of nitrogens with zero attached hydrogens (tertiary/aromatic N) is 4. The Balaban J connectivity index is 1.81. The molecule has 2 heterocycles. The van der Waals surface area contributed by atoms with Crippen molar-refractivity contribution in [2.24, 2.45) is 12.0 Å². The zero-order valence-electron chi connectivity index (χ0n) is 14.2. The van der Waals surface area contributed by atoms with Gasteiger partial charge in [-0.05, 0) is 25.9 Å². The second-order valence-corrected chi connectivity index (χ2v) is 5.93. The average molecular weight is 346 g/mol. The Morgan fingerprint density at radius 3 is 2.58 bits per heavy atom. The number of guanidine groups is 1. The van der Waals surface area contributed by atoms with Crippen molar-refractivity contribution < 1.29 is 13.2 Å². The van der Waals surface area contributed by atoms with Gasteiger partial charge in [-0.1, -0.05) is 6.42 Å². The molecule has 1 aromatic rings. The van der Waals surface area contributed by atoms with Gasteiger partial charge in [0.1, 0.15) is 0 Å². The van der Waals surface area contributed by atoms with Crippen LogP contribution in [0.25, 0.3) is 0 Å². The third-order valence-corrected chi connectivity index (χ3v) is 4.01. The van der Waals surface area contributed by atoms with Gasteiger partial charge in [-0.2, -0.15) is 18.3 Å². The number of hydrogen-bond donors (Lipinski definition) is 2. The molecule has 0 saturated carbocycles. The van der Waals surface area contributed by atoms with Gasteiger partial charge in [0.15, 0.2) is 11.7 Å². The van der Waals surface area contributed by atoms with E-state index in [1.54, 1.807) is 7.05 Å². The number of hydrogen-bond acceptors (Lipinski definition) is 3. The monoisotopic (exact) mass is 346 g/mol. The molecule has 0 spiro atoms. The second kappa shape index (κ2) is 8.36. The first-order chi connectivity index (χ1) is 11.4. The van der Waals surface area contributed by atoms with Crippen molar-refractivity contribution >= 4 is 5.96 Å². The summed E-state index contributed by atoms with van der Waals surface area (Å²) in [6.45, 7) is 3.85. The first-order valence-electron chi connectivity index (χ1n) is 8.16. The van der Waals surface area contributed by atoms with Crippen LogP contribution in [0.3, 0.4) is 0 Å². The van der Waals surface area contributed by atoms with Crippen LogP contribution in [0.2, 0.25) is 0 Å². The predicted molar refractivity (Wildman–Crippen MR) is 86.7 cm³/mol. The molecular weight excluding hydrogens is 321 g/mol. The number of piperidine rings is 1. The van der Waals surface area contributed by atoms with E-state index in [2.05, 4.69) is 25.6 Å². The first kappa shape index (κ1) is 18.6. The Morgan fingerprint density at radius 2 is 1.96 bits per heavy atom. The van der Waals surface area contributed by atoms with Gasteiger partial charge in [0.05, 0.1) is 0 Å². The lowest BCUT2D eigenvalue weighted by Crippen LogP contribution is -2.42. The number of aliphatic imine (C=N–C) groups is 1. The van der Waals surface area contributed by atoms with E-state index in [-0.39, 0.29) is 12.1 Å². The Bertz CT molecular complexity index is 546. The van der Waals surface area contributed by atoms with Gasteiger partial charge in [-0.15, -0.1) is 0 Å². The summed E-state index contributed by atoms with van der Waals surface area (Å²) in [5.74, 6) is 0.490. The van der Waals surface area contributed by atoms with Gasteiger partial charge in [-0.25, -0.2) is 0 Å². The molecule has 1 fully saturated rings. The number of aromatic nitrogens is 2. The minimum absolute atomic E-state index is 0.0199. The topological polar surface area (TPSA) is 57.5 Å². The molecule has 1 saturated heterocycles. The van der Waals surface area contributed by atoms with Crippen molar-refractivity contribution in [3.8, 4) is 0 Å². The lowest BCUT2D eigenvalue weighted by Gasteiger charge is -2.26. The number of halogens is 3. The molecule has 0 aliphatic carbocycles. The summed E-state index contributed by atoms with van der Waals surface area (Å²) in [5, 5.41) is 9.55. The number of nitrogens with one attached hydrogen (secondary N) is 2. The third kappa shape index (κ3) is 5.40. The van der Waals surface area contributed by atoms with Crippen LogP contribution in [0, 0.1) is 0 Å². The minimum atomic E-state index is -4.45. The van der Waals surface area contributed by atoms with Gasteiger partial charge < -0.3 is 15.5 Å². The van der Waals surface area contributed by atoms with Crippen LogP contribution in [0.1, 0.15) is 30.5 Å². The molecule has 24 heavy (non-hydrogen) atoms. The van der Waals surface area contributed by atoms with E-state index >= 15 is 0 Å². The molecule has 0 aromatic carbocycles. The number of likely N-dealkylation sites (tertiary alicyclic amines) is 1. The highest BCUT2D eigenvalue weighted by molar-refractivity contribution is 5.79. The maximum atomic E-state index is 12.9. The Morgan fingerprint density at radius 1 is 1.25 bits per heavy atom. The summed E-state index contributed by atoms with van der Waals surface area (Å²) in [6.07, 6.45) is 0.669.